The third-order valence-corrected chi connectivity index (χ3v) is 4.22. The molecule has 1 N–H and O–H groups in total. The van der Waals surface area contributed by atoms with Crippen molar-refractivity contribution < 1.29 is 14.3 Å². The Labute approximate surface area is 119 Å². The summed E-state index contributed by atoms with van der Waals surface area (Å²) in [5, 5.41) is 9.57. The molecule has 3 unspecified atom stereocenters. The molecule has 1 aliphatic heterocycles. The minimum Gasteiger partial charge on any atom is -0.461 e. The molecule has 1 saturated heterocycles. The molecule has 0 radical (unpaired) electrons. The second-order valence-corrected chi connectivity index (χ2v) is 5.97. The molecule has 1 saturated carbocycles. The lowest BCUT2D eigenvalue weighted by molar-refractivity contribution is -0.128. The van der Waals surface area contributed by atoms with Crippen molar-refractivity contribution in [2.45, 2.75) is 38.2 Å². The number of furan rings is 1. The smallest absolute Gasteiger partial charge is 0.246 e. The second kappa shape index (κ2) is 5.44. The van der Waals surface area contributed by atoms with Crippen LogP contribution in [-0.4, -0.2) is 35.1 Å². The van der Waals surface area contributed by atoms with E-state index in [1.165, 1.54) is 12.5 Å². The number of hydrogen-bond donors (Lipinski definition) is 1. The third-order valence-electron chi connectivity index (χ3n) is 4.22. The van der Waals surface area contributed by atoms with Crippen molar-refractivity contribution in [3.63, 3.8) is 0 Å². The predicted molar refractivity (Wildman–Crippen MR) is 76.1 cm³/mol. The van der Waals surface area contributed by atoms with E-state index in [-0.39, 0.29) is 12.0 Å². The predicted octanol–water partition coefficient (Wildman–Crippen LogP) is 2.40. The van der Waals surface area contributed by atoms with Gasteiger partial charge in [-0.05, 0) is 43.4 Å². The molecule has 20 heavy (non-hydrogen) atoms. The number of β-amino-alcohol motifs (C(OH)–C–C–N with tert-alkyl or cyclic N) is 1. The Morgan fingerprint density at radius 2 is 2.30 bits per heavy atom. The summed E-state index contributed by atoms with van der Waals surface area (Å²) in [6.45, 7) is 3.38. The third kappa shape index (κ3) is 2.96. The second-order valence-electron chi connectivity index (χ2n) is 5.97. The number of carbonyl (C=O) groups excluding carboxylic acids is 1. The van der Waals surface area contributed by atoms with E-state index < -0.39 is 0 Å². The van der Waals surface area contributed by atoms with E-state index in [2.05, 4.69) is 6.92 Å². The van der Waals surface area contributed by atoms with Crippen LogP contribution in [0.2, 0.25) is 0 Å². The fraction of sp³-hybridized carbons (Fsp3) is 0.562. The van der Waals surface area contributed by atoms with Gasteiger partial charge in [0.1, 0.15) is 11.5 Å². The summed E-state index contributed by atoms with van der Waals surface area (Å²) < 4.78 is 5.73. The van der Waals surface area contributed by atoms with Gasteiger partial charge in [0.25, 0.3) is 0 Å². The topological polar surface area (TPSA) is 53.7 Å². The summed E-state index contributed by atoms with van der Waals surface area (Å²) in [7, 11) is 0. The maximum Gasteiger partial charge on any atom is 0.246 e. The van der Waals surface area contributed by atoms with Crippen LogP contribution < -0.4 is 0 Å². The van der Waals surface area contributed by atoms with E-state index in [0.717, 1.165) is 36.8 Å². The molecule has 2 fully saturated rings. The molecule has 4 nitrogen and oxygen atoms in total. The molecule has 1 aliphatic carbocycles. The molecule has 0 bridgehead atoms. The SMILES string of the molecule is CC1CC1c1ccc(/C=C/C(=O)N2CCCC(O)C2)o1. The van der Waals surface area contributed by atoms with Gasteiger partial charge < -0.3 is 14.4 Å². The first kappa shape index (κ1) is 13.4. The monoisotopic (exact) mass is 275 g/mol. The lowest BCUT2D eigenvalue weighted by Crippen LogP contribution is -2.41. The Bertz CT molecular complexity index is 520. The summed E-state index contributed by atoms with van der Waals surface area (Å²) in [4.78, 5) is 13.7. The van der Waals surface area contributed by atoms with Crippen LogP contribution in [0.5, 0.6) is 0 Å². The molecule has 2 aliphatic rings. The molecular weight excluding hydrogens is 254 g/mol. The molecule has 1 amide bonds. The van der Waals surface area contributed by atoms with Crippen LogP contribution in [0, 0.1) is 5.92 Å². The van der Waals surface area contributed by atoms with Gasteiger partial charge in [-0.2, -0.15) is 0 Å². The number of piperidine rings is 1. The molecule has 2 heterocycles. The summed E-state index contributed by atoms with van der Waals surface area (Å²) in [5.74, 6) is 2.98. The van der Waals surface area contributed by atoms with Crippen LogP contribution in [0.25, 0.3) is 6.08 Å². The van der Waals surface area contributed by atoms with Gasteiger partial charge in [0.15, 0.2) is 0 Å². The van der Waals surface area contributed by atoms with Gasteiger partial charge in [0, 0.05) is 25.1 Å². The highest BCUT2D eigenvalue weighted by Gasteiger charge is 2.36. The highest BCUT2D eigenvalue weighted by atomic mass is 16.3. The van der Waals surface area contributed by atoms with Crippen molar-refractivity contribution in [1.82, 2.24) is 4.90 Å². The van der Waals surface area contributed by atoms with Crippen LogP contribution in [0.3, 0.4) is 0 Å². The van der Waals surface area contributed by atoms with Crippen LogP contribution in [-0.2, 0) is 4.79 Å². The maximum atomic E-state index is 12.0. The Kier molecular flexibility index (Phi) is 3.66. The minimum atomic E-state index is -0.382. The molecule has 0 spiro atoms. The standard InChI is InChI=1S/C16H21NO3/c1-11-9-14(11)15-6-4-13(20-15)5-7-16(19)17-8-2-3-12(18)10-17/h4-7,11-12,14,18H,2-3,8-10H2,1H3/b7-5+. The fourth-order valence-corrected chi connectivity index (χ4v) is 2.79. The lowest BCUT2D eigenvalue weighted by Gasteiger charge is -2.29. The van der Waals surface area contributed by atoms with Gasteiger partial charge >= 0.3 is 0 Å². The van der Waals surface area contributed by atoms with Gasteiger partial charge in [-0.1, -0.05) is 6.92 Å². The summed E-state index contributed by atoms with van der Waals surface area (Å²) in [6, 6.07) is 3.91. The molecular formula is C16H21NO3. The van der Waals surface area contributed by atoms with Crippen molar-refractivity contribution >= 4 is 12.0 Å². The van der Waals surface area contributed by atoms with Crippen LogP contribution in [0.4, 0.5) is 0 Å². The van der Waals surface area contributed by atoms with E-state index in [1.54, 1.807) is 11.0 Å². The Balaban J connectivity index is 1.58. The number of likely N-dealkylation sites (tertiary alicyclic amines) is 1. The van der Waals surface area contributed by atoms with E-state index in [9.17, 15) is 9.90 Å². The van der Waals surface area contributed by atoms with Crippen LogP contribution >= 0.6 is 0 Å². The first-order chi connectivity index (χ1) is 9.63. The number of aliphatic hydroxyl groups excluding tert-OH is 1. The molecule has 1 aromatic rings. The van der Waals surface area contributed by atoms with E-state index in [1.807, 2.05) is 12.1 Å². The number of nitrogens with zero attached hydrogens (tertiary/aromatic N) is 1. The number of hydrogen-bond acceptors (Lipinski definition) is 3. The normalized spacial score (nSPS) is 29.9. The van der Waals surface area contributed by atoms with Crippen molar-refractivity contribution in [1.29, 1.82) is 0 Å². The summed E-state index contributed by atoms with van der Waals surface area (Å²) >= 11 is 0. The number of amides is 1. The van der Waals surface area contributed by atoms with E-state index in [4.69, 9.17) is 4.42 Å². The fourth-order valence-electron chi connectivity index (χ4n) is 2.79. The molecule has 1 aromatic heterocycles. The lowest BCUT2D eigenvalue weighted by atomic mass is 10.1. The summed E-state index contributed by atoms with van der Waals surface area (Å²) in [5.41, 5.74) is 0. The van der Waals surface area contributed by atoms with Gasteiger partial charge in [-0.15, -0.1) is 0 Å². The summed E-state index contributed by atoms with van der Waals surface area (Å²) in [6.07, 6.45) is 5.73. The van der Waals surface area contributed by atoms with Crippen molar-refractivity contribution in [3.05, 3.63) is 29.7 Å². The van der Waals surface area contributed by atoms with E-state index >= 15 is 0 Å². The van der Waals surface area contributed by atoms with Crippen LogP contribution in [0.15, 0.2) is 22.6 Å². The Morgan fingerprint density at radius 3 is 3.00 bits per heavy atom. The first-order valence-corrected chi connectivity index (χ1v) is 7.38. The highest BCUT2D eigenvalue weighted by Crippen LogP contribution is 2.47. The van der Waals surface area contributed by atoms with Gasteiger partial charge in [0.2, 0.25) is 5.91 Å². The van der Waals surface area contributed by atoms with Gasteiger partial charge in [0.05, 0.1) is 6.10 Å². The average Bonchev–Trinajstić information content (AvgIpc) is 2.99. The first-order valence-electron chi connectivity index (χ1n) is 7.38. The molecule has 4 heteroatoms. The highest BCUT2D eigenvalue weighted by molar-refractivity contribution is 5.91. The Morgan fingerprint density at radius 1 is 1.50 bits per heavy atom. The minimum absolute atomic E-state index is 0.0542. The zero-order chi connectivity index (χ0) is 14.1. The Hall–Kier alpha value is -1.55. The molecule has 108 valence electrons. The zero-order valence-electron chi connectivity index (χ0n) is 11.8. The largest absolute Gasteiger partial charge is 0.461 e. The van der Waals surface area contributed by atoms with Crippen molar-refractivity contribution in [2.75, 3.05) is 13.1 Å². The molecule has 0 aromatic carbocycles. The van der Waals surface area contributed by atoms with Crippen LogP contribution in [0.1, 0.15) is 43.6 Å². The number of aliphatic hydroxyl groups is 1. The molecule has 3 atom stereocenters. The van der Waals surface area contributed by atoms with Gasteiger partial charge in [-0.25, -0.2) is 0 Å². The molecule has 3 rings (SSSR count). The maximum absolute atomic E-state index is 12.0. The van der Waals surface area contributed by atoms with E-state index in [0.29, 0.717) is 12.5 Å². The number of carbonyl (C=O) groups is 1. The van der Waals surface area contributed by atoms with Gasteiger partial charge in [-0.3, -0.25) is 4.79 Å². The van der Waals surface area contributed by atoms with Crippen molar-refractivity contribution in [3.8, 4) is 0 Å². The zero-order valence-corrected chi connectivity index (χ0v) is 11.8. The average molecular weight is 275 g/mol. The number of rotatable bonds is 3. The van der Waals surface area contributed by atoms with Crippen molar-refractivity contribution in [2.24, 2.45) is 5.92 Å². The quantitative estimate of drug-likeness (QED) is 0.862.